The molecule has 0 aliphatic carbocycles. The zero-order valence-corrected chi connectivity index (χ0v) is 10.2. The van der Waals surface area contributed by atoms with Gasteiger partial charge in [-0.2, -0.15) is 5.48 Å². The molecule has 0 aromatic rings. The SMILES string of the molecule is CN/C=C(\C)C(NC=N)C1=C(C)ONC1C. The van der Waals surface area contributed by atoms with Crippen molar-refractivity contribution in [2.24, 2.45) is 0 Å². The summed E-state index contributed by atoms with van der Waals surface area (Å²) in [6.07, 6.45) is 3.13. The van der Waals surface area contributed by atoms with Crippen molar-refractivity contribution in [3.63, 3.8) is 0 Å². The topological polar surface area (TPSA) is 69.2 Å². The van der Waals surface area contributed by atoms with Gasteiger partial charge in [0.15, 0.2) is 0 Å². The van der Waals surface area contributed by atoms with Crippen LogP contribution in [0.5, 0.6) is 0 Å². The normalized spacial score (nSPS) is 22.8. The van der Waals surface area contributed by atoms with Crippen LogP contribution in [0.3, 0.4) is 0 Å². The van der Waals surface area contributed by atoms with Crippen molar-refractivity contribution >= 4 is 6.34 Å². The van der Waals surface area contributed by atoms with E-state index < -0.39 is 0 Å². The lowest BCUT2D eigenvalue weighted by molar-refractivity contribution is 0.121. The lowest BCUT2D eigenvalue weighted by Crippen LogP contribution is -2.36. The summed E-state index contributed by atoms with van der Waals surface area (Å²) in [7, 11) is 1.86. The van der Waals surface area contributed by atoms with Gasteiger partial charge in [0, 0.05) is 12.6 Å². The summed E-state index contributed by atoms with van der Waals surface area (Å²) in [6, 6.07) is 0.146. The third-order valence-electron chi connectivity index (χ3n) is 2.65. The van der Waals surface area contributed by atoms with E-state index in [1.807, 2.05) is 34.0 Å². The maximum atomic E-state index is 7.19. The Morgan fingerprint density at radius 2 is 2.31 bits per heavy atom. The molecule has 0 aromatic heterocycles. The number of hydrogen-bond acceptors (Lipinski definition) is 4. The van der Waals surface area contributed by atoms with Crippen molar-refractivity contribution in [1.29, 1.82) is 5.41 Å². The van der Waals surface area contributed by atoms with Gasteiger partial charge in [-0.1, -0.05) is 0 Å². The van der Waals surface area contributed by atoms with Gasteiger partial charge in [-0.05, 0) is 32.5 Å². The molecule has 1 aliphatic heterocycles. The fourth-order valence-electron chi connectivity index (χ4n) is 1.92. The molecule has 90 valence electrons. The van der Waals surface area contributed by atoms with Crippen LogP contribution in [0.25, 0.3) is 0 Å². The molecule has 0 spiro atoms. The summed E-state index contributed by atoms with van der Waals surface area (Å²) in [5.74, 6) is 0.871. The predicted octanol–water partition coefficient (Wildman–Crippen LogP) is 0.872. The highest BCUT2D eigenvalue weighted by atomic mass is 16.7. The van der Waals surface area contributed by atoms with Crippen LogP contribution in [0.2, 0.25) is 0 Å². The van der Waals surface area contributed by atoms with Crippen LogP contribution in [-0.4, -0.2) is 25.5 Å². The summed E-state index contributed by atoms with van der Waals surface area (Å²) in [6.45, 7) is 5.98. The molecule has 0 radical (unpaired) electrons. The van der Waals surface area contributed by atoms with Gasteiger partial charge < -0.3 is 15.5 Å². The first-order valence-electron chi connectivity index (χ1n) is 5.33. The summed E-state index contributed by atoms with van der Waals surface area (Å²) in [5.41, 5.74) is 5.16. The molecule has 1 heterocycles. The Hall–Kier alpha value is -1.49. The van der Waals surface area contributed by atoms with E-state index in [1.54, 1.807) is 0 Å². The molecular weight excluding hydrogens is 204 g/mol. The first-order valence-corrected chi connectivity index (χ1v) is 5.33. The molecule has 0 bridgehead atoms. The molecule has 4 N–H and O–H groups in total. The maximum absolute atomic E-state index is 7.19. The summed E-state index contributed by atoms with van der Waals surface area (Å²) in [4.78, 5) is 5.30. The summed E-state index contributed by atoms with van der Waals surface area (Å²) in [5, 5.41) is 13.2. The van der Waals surface area contributed by atoms with Gasteiger partial charge >= 0.3 is 0 Å². The Labute approximate surface area is 96.4 Å². The average molecular weight is 224 g/mol. The highest BCUT2D eigenvalue weighted by Gasteiger charge is 2.28. The van der Waals surface area contributed by atoms with E-state index in [1.165, 1.54) is 6.34 Å². The Morgan fingerprint density at radius 1 is 1.62 bits per heavy atom. The van der Waals surface area contributed by atoms with Gasteiger partial charge in [-0.3, -0.25) is 5.41 Å². The van der Waals surface area contributed by atoms with Gasteiger partial charge in [0.2, 0.25) is 0 Å². The highest BCUT2D eigenvalue weighted by Crippen LogP contribution is 2.23. The van der Waals surface area contributed by atoms with Gasteiger partial charge in [-0.15, -0.1) is 0 Å². The molecule has 0 aromatic carbocycles. The molecule has 5 heteroatoms. The Kier molecular flexibility index (Phi) is 4.37. The monoisotopic (exact) mass is 224 g/mol. The zero-order valence-electron chi connectivity index (χ0n) is 10.2. The van der Waals surface area contributed by atoms with Crippen LogP contribution < -0.4 is 16.1 Å². The van der Waals surface area contributed by atoms with E-state index in [0.29, 0.717) is 0 Å². The van der Waals surface area contributed by atoms with Crippen molar-refractivity contribution in [2.75, 3.05) is 7.05 Å². The van der Waals surface area contributed by atoms with Gasteiger partial charge in [-0.25, -0.2) is 0 Å². The maximum Gasteiger partial charge on any atom is 0.124 e. The zero-order chi connectivity index (χ0) is 12.1. The fraction of sp³-hybridized carbons (Fsp3) is 0.545. The van der Waals surface area contributed by atoms with Crippen LogP contribution >= 0.6 is 0 Å². The second-order valence-corrected chi connectivity index (χ2v) is 3.87. The summed E-state index contributed by atoms with van der Waals surface area (Å²) < 4.78 is 0. The molecule has 16 heavy (non-hydrogen) atoms. The van der Waals surface area contributed by atoms with E-state index in [9.17, 15) is 0 Å². The third-order valence-corrected chi connectivity index (χ3v) is 2.65. The van der Waals surface area contributed by atoms with Crippen LogP contribution in [0.15, 0.2) is 23.1 Å². The predicted molar refractivity (Wildman–Crippen MR) is 64.9 cm³/mol. The third kappa shape index (κ3) is 2.55. The number of nitrogens with one attached hydrogen (secondary N) is 4. The number of rotatable bonds is 5. The standard InChI is InChI=1S/C11H20N4O/c1-7(5-13-4)11(14-6-12)10-8(2)15-16-9(10)3/h5-6,8,11,13,15H,1-4H3,(H2,12,14)/b7-5+. The largest absolute Gasteiger partial charge is 0.413 e. The molecule has 2 atom stereocenters. The van der Waals surface area contributed by atoms with Gasteiger partial charge in [0.25, 0.3) is 0 Å². The lowest BCUT2D eigenvalue weighted by Gasteiger charge is -2.21. The number of allylic oxidation sites excluding steroid dienone is 1. The molecule has 0 saturated carbocycles. The molecular formula is C11H20N4O. The molecule has 0 saturated heterocycles. The second kappa shape index (κ2) is 5.55. The van der Waals surface area contributed by atoms with E-state index in [4.69, 9.17) is 10.2 Å². The smallest absolute Gasteiger partial charge is 0.124 e. The van der Waals surface area contributed by atoms with E-state index in [-0.39, 0.29) is 12.1 Å². The number of hydrogen-bond donors (Lipinski definition) is 4. The van der Waals surface area contributed by atoms with Crippen molar-refractivity contribution < 1.29 is 4.84 Å². The minimum Gasteiger partial charge on any atom is -0.413 e. The van der Waals surface area contributed by atoms with Crippen molar-refractivity contribution in [3.05, 3.63) is 23.1 Å². The van der Waals surface area contributed by atoms with E-state index in [0.717, 1.165) is 16.9 Å². The molecule has 1 rings (SSSR count). The molecule has 0 amide bonds. The minimum absolute atomic E-state index is 0.00468. The minimum atomic E-state index is -0.00468. The lowest BCUT2D eigenvalue weighted by atomic mass is 9.95. The van der Waals surface area contributed by atoms with E-state index in [2.05, 4.69) is 16.1 Å². The van der Waals surface area contributed by atoms with Crippen LogP contribution in [-0.2, 0) is 4.84 Å². The van der Waals surface area contributed by atoms with E-state index >= 15 is 0 Å². The van der Waals surface area contributed by atoms with Crippen molar-refractivity contribution in [2.45, 2.75) is 32.9 Å². The fourth-order valence-corrected chi connectivity index (χ4v) is 1.92. The Bertz CT molecular complexity index is 322. The van der Waals surface area contributed by atoms with Crippen molar-refractivity contribution in [1.82, 2.24) is 16.1 Å². The first kappa shape index (κ1) is 12.6. The molecule has 2 unspecified atom stereocenters. The number of hydroxylamine groups is 1. The highest BCUT2D eigenvalue weighted by molar-refractivity contribution is 5.54. The van der Waals surface area contributed by atoms with Gasteiger partial charge in [0.1, 0.15) is 5.76 Å². The van der Waals surface area contributed by atoms with Crippen LogP contribution in [0.4, 0.5) is 0 Å². The average Bonchev–Trinajstić information content (AvgIpc) is 2.56. The van der Waals surface area contributed by atoms with Gasteiger partial charge in [0.05, 0.1) is 18.4 Å². The second-order valence-electron chi connectivity index (χ2n) is 3.87. The van der Waals surface area contributed by atoms with Crippen LogP contribution in [0, 0.1) is 5.41 Å². The molecule has 5 nitrogen and oxygen atoms in total. The Balaban J connectivity index is 2.97. The quantitative estimate of drug-likeness (QED) is 0.413. The summed E-state index contributed by atoms with van der Waals surface area (Å²) >= 11 is 0. The molecule has 0 fully saturated rings. The van der Waals surface area contributed by atoms with Crippen molar-refractivity contribution in [3.8, 4) is 0 Å². The first-order chi connectivity index (χ1) is 7.61. The van der Waals surface area contributed by atoms with Crippen LogP contribution in [0.1, 0.15) is 20.8 Å². The molecule has 1 aliphatic rings. The Morgan fingerprint density at radius 3 is 2.75 bits per heavy atom.